The van der Waals surface area contributed by atoms with Gasteiger partial charge in [-0.3, -0.25) is 4.79 Å². The molecule has 0 saturated heterocycles. The molecule has 17 heavy (non-hydrogen) atoms. The van der Waals surface area contributed by atoms with Crippen LogP contribution in [0.5, 0.6) is 0 Å². The van der Waals surface area contributed by atoms with E-state index in [1.165, 1.54) is 7.11 Å². The van der Waals surface area contributed by atoms with Crippen LogP contribution >= 0.6 is 11.8 Å². The molecule has 0 spiro atoms. The fraction of sp³-hybridized carbons (Fsp3) is 0.583. The van der Waals surface area contributed by atoms with Crippen molar-refractivity contribution in [3.63, 3.8) is 0 Å². The first-order chi connectivity index (χ1) is 8.03. The molecule has 0 bridgehead atoms. The molecule has 0 amide bonds. The zero-order chi connectivity index (χ0) is 12.9. The van der Waals surface area contributed by atoms with Crippen LogP contribution in [0.25, 0.3) is 0 Å². The third-order valence-electron chi connectivity index (χ3n) is 2.86. The second kappa shape index (κ2) is 6.12. The molecule has 0 saturated carbocycles. The molecule has 0 fully saturated rings. The molecule has 0 aliphatic rings. The first-order valence-electron chi connectivity index (χ1n) is 5.47. The minimum atomic E-state index is -0.626. The summed E-state index contributed by atoms with van der Waals surface area (Å²) in [6.07, 6.45) is 2.38. The van der Waals surface area contributed by atoms with E-state index in [0.29, 0.717) is 6.42 Å². The number of hydrogen-bond donors (Lipinski definition) is 1. The van der Waals surface area contributed by atoms with E-state index in [1.807, 2.05) is 19.9 Å². The highest BCUT2D eigenvalue weighted by atomic mass is 32.2. The van der Waals surface area contributed by atoms with Crippen molar-refractivity contribution in [1.29, 1.82) is 0 Å². The molecule has 4 nitrogen and oxygen atoms in total. The first-order valence-corrected chi connectivity index (χ1v) is 6.46. The molecule has 1 rings (SSSR count). The van der Waals surface area contributed by atoms with Gasteiger partial charge in [0.1, 0.15) is 11.3 Å². The Balaban J connectivity index is 2.49. The van der Waals surface area contributed by atoms with Crippen LogP contribution in [0.15, 0.2) is 21.6 Å². The first kappa shape index (κ1) is 14.1. The Labute approximate surface area is 106 Å². The van der Waals surface area contributed by atoms with Crippen molar-refractivity contribution < 1.29 is 13.9 Å². The van der Waals surface area contributed by atoms with Gasteiger partial charge in [-0.05, 0) is 33.4 Å². The van der Waals surface area contributed by atoms with Crippen LogP contribution < -0.4 is 5.32 Å². The molecular weight excluding hydrogens is 238 g/mol. The molecule has 0 aliphatic heterocycles. The van der Waals surface area contributed by atoms with Crippen LogP contribution in [0.4, 0.5) is 0 Å². The lowest BCUT2D eigenvalue weighted by molar-refractivity contribution is -0.147. The summed E-state index contributed by atoms with van der Waals surface area (Å²) in [6.45, 7) is 3.78. The minimum Gasteiger partial charge on any atom is -0.468 e. The monoisotopic (exact) mass is 257 g/mol. The number of carbonyl (C=O) groups excluding carboxylic acids is 1. The lowest BCUT2D eigenvalue weighted by Gasteiger charge is -2.25. The van der Waals surface area contributed by atoms with E-state index in [2.05, 4.69) is 5.32 Å². The lowest BCUT2D eigenvalue weighted by atomic mass is 10.00. The normalized spacial score (nSPS) is 14.4. The van der Waals surface area contributed by atoms with Crippen LogP contribution in [0, 0.1) is 6.92 Å². The number of ether oxygens (including phenoxy) is 1. The fourth-order valence-electron chi connectivity index (χ4n) is 1.44. The smallest absolute Gasteiger partial charge is 0.325 e. The Morgan fingerprint density at radius 2 is 2.35 bits per heavy atom. The highest BCUT2D eigenvalue weighted by Crippen LogP contribution is 2.26. The van der Waals surface area contributed by atoms with E-state index in [-0.39, 0.29) is 5.97 Å². The van der Waals surface area contributed by atoms with Crippen LogP contribution in [0.3, 0.4) is 0 Å². The topological polar surface area (TPSA) is 51.5 Å². The minimum absolute atomic E-state index is 0.232. The van der Waals surface area contributed by atoms with Crippen LogP contribution in [-0.4, -0.2) is 31.4 Å². The quantitative estimate of drug-likeness (QED) is 0.625. The summed E-state index contributed by atoms with van der Waals surface area (Å²) in [5.41, 5.74) is -0.626. The Morgan fingerprint density at radius 1 is 1.65 bits per heavy atom. The predicted molar refractivity (Wildman–Crippen MR) is 68.3 cm³/mol. The van der Waals surface area contributed by atoms with E-state index in [4.69, 9.17) is 9.15 Å². The molecule has 1 unspecified atom stereocenters. The molecular formula is C12H19NO3S. The Hall–Kier alpha value is -0.940. The molecule has 1 atom stereocenters. The number of thioether (sulfide) groups is 1. The van der Waals surface area contributed by atoms with Gasteiger partial charge in [0.2, 0.25) is 0 Å². The van der Waals surface area contributed by atoms with E-state index >= 15 is 0 Å². The second-order valence-corrected chi connectivity index (χ2v) is 5.15. The molecule has 0 aliphatic carbocycles. The zero-order valence-corrected chi connectivity index (χ0v) is 11.5. The van der Waals surface area contributed by atoms with Crippen molar-refractivity contribution in [3.05, 3.63) is 18.1 Å². The molecule has 1 aromatic rings. The number of furan rings is 1. The third-order valence-corrected chi connectivity index (χ3v) is 4.00. The number of aryl methyl sites for hydroxylation is 1. The van der Waals surface area contributed by atoms with Crippen LogP contribution in [0.1, 0.15) is 19.1 Å². The second-order valence-electron chi connectivity index (χ2n) is 4.01. The van der Waals surface area contributed by atoms with Gasteiger partial charge in [-0.1, -0.05) is 0 Å². The number of rotatable bonds is 6. The van der Waals surface area contributed by atoms with Crippen molar-refractivity contribution in [3.8, 4) is 0 Å². The highest BCUT2D eigenvalue weighted by Gasteiger charge is 2.31. The number of carbonyl (C=O) groups is 1. The maximum absolute atomic E-state index is 11.6. The van der Waals surface area contributed by atoms with E-state index < -0.39 is 5.54 Å². The van der Waals surface area contributed by atoms with Crippen molar-refractivity contribution >= 4 is 17.7 Å². The Kier molecular flexibility index (Phi) is 5.08. The van der Waals surface area contributed by atoms with Gasteiger partial charge in [-0.15, -0.1) is 11.8 Å². The van der Waals surface area contributed by atoms with Gasteiger partial charge < -0.3 is 14.5 Å². The van der Waals surface area contributed by atoms with Crippen LogP contribution in [-0.2, 0) is 9.53 Å². The molecule has 5 heteroatoms. The highest BCUT2D eigenvalue weighted by molar-refractivity contribution is 7.99. The summed E-state index contributed by atoms with van der Waals surface area (Å²) in [5.74, 6) is 1.51. The summed E-state index contributed by atoms with van der Waals surface area (Å²) < 4.78 is 10.0. The standard InChI is InChI=1S/C12H19NO3S/c1-9-10(5-7-16-9)17-8-6-12(2,13-3)11(14)15-4/h5,7,13H,6,8H2,1-4H3. The maximum atomic E-state index is 11.6. The number of likely N-dealkylation sites (N-methyl/N-ethyl adjacent to an activating group) is 1. The number of nitrogens with one attached hydrogen (secondary N) is 1. The molecule has 1 aromatic heterocycles. The van der Waals surface area contributed by atoms with Gasteiger partial charge in [-0.2, -0.15) is 0 Å². The van der Waals surface area contributed by atoms with Gasteiger partial charge in [0.05, 0.1) is 13.4 Å². The molecule has 0 radical (unpaired) electrons. The Morgan fingerprint density at radius 3 is 2.82 bits per heavy atom. The molecule has 1 heterocycles. The average Bonchev–Trinajstić information content (AvgIpc) is 2.74. The summed E-state index contributed by atoms with van der Waals surface area (Å²) in [6, 6.07) is 1.94. The summed E-state index contributed by atoms with van der Waals surface area (Å²) in [4.78, 5) is 12.7. The molecule has 0 aromatic carbocycles. The lowest BCUT2D eigenvalue weighted by Crippen LogP contribution is -2.48. The predicted octanol–water partition coefficient (Wildman–Crippen LogP) is 2.22. The van der Waals surface area contributed by atoms with Gasteiger partial charge in [0, 0.05) is 10.6 Å². The zero-order valence-electron chi connectivity index (χ0n) is 10.7. The summed E-state index contributed by atoms with van der Waals surface area (Å²) in [7, 11) is 3.18. The van der Waals surface area contributed by atoms with E-state index in [1.54, 1.807) is 25.1 Å². The third kappa shape index (κ3) is 3.51. The summed E-state index contributed by atoms with van der Waals surface area (Å²) >= 11 is 1.68. The maximum Gasteiger partial charge on any atom is 0.325 e. The Bertz CT molecular complexity index is 378. The SMILES string of the molecule is CNC(C)(CCSc1ccoc1C)C(=O)OC. The van der Waals surface area contributed by atoms with E-state index in [9.17, 15) is 4.79 Å². The average molecular weight is 257 g/mol. The summed E-state index contributed by atoms with van der Waals surface area (Å²) in [5, 5.41) is 3.01. The van der Waals surface area contributed by atoms with Crippen molar-refractivity contribution in [1.82, 2.24) is 5.32 Å². The number of esters is 1. The largest absolute Gasteiger partial charge is 0.468 e. The van der Waals surface area contributed by atoms with Gasteiger partial charge >= 0.3 is 5.97 Å². The molecule has 96 valence electrons. The van der Waals surface area contributed by atoms with Crippen molar-refractivity contribution in [2.45, 2.75) is 30.7 Å². The van der Waals surface area contributed by atoms with Crippen LogP contribution in [0.2, 0.25) is 0 Å². The van der Waals surface area contributed by atoms with Crippen molar-refractivity contribution in [2.75, 3.05) is 19.9 Å². The number of hydrogen-bond acceptors (Lipinski definition) is 5. The molecule has 1 N–H and O–H groups in total. The van der Waals surface area contributed by atoms with Gasteiger partial charge in [0.15, 0.2) is 0 Å². The van der Waals surface area contributed by atoms with Gasteiger partial charge in [0.25, 0.3) is 0 Å². The fourth-order valence-corrected chi connectivity index (χ4v) is 2.58. The van der Waals surface area contributed by atoms with Gasteiger partial charge in [-0.25, -0.2) is 0 Å². The van der Waals surface area contributed by atoms with E-state index in [0.717, 1.165) is 16.4 Å². The number of methoxy groups -OCH3 is 1. The van der Waals surface area contributed by atoms with Crippen molar-refractivity contribution in [2.24, 2.45) is 0 Å².